The first-order valence-electron chi connectivity index (χ1n) is 12.9. The second-order valence-corrected chi connectivity index (χ2v) is 12.9. The Hall–Kier alpha value is -1.35. The first-order chi connectivity index (χ1) is 14.8. The molecule has 0 aliphatic carbocycles. The predicted molar refractivity (Wildman–Crippen MR) is 134 cm³/mol. The molecule has 1 saturated heterocycles. The van der Waals surface area contributed by atoms with Crippen molar-refractivity contribution >= 4 is 5.97 Å². The van der Waals surface area contributed by atoms with Gasteiger partial charge >= 0.3 is 5.97 Å². The van der Waals surface area contributed by atoms with E-state index in [1.165, 1.54) is 6.42 Å². The Bertz CT molecular complexity index is 692. The Morgan fingerprint density at radius 3 is 2.03 bits per heavy atom. The maximum atomic E-state index is 13.8. The van der Waals surface area contributed by atoms with Crippen LogP contribution in [0.2, 0.25) is 0 Å². The standard InChI is InChI=1S/C29H49NO2/c1-22(20-27(3,4)5)14-15-25(23(2)21-28(6,7)8)26(31)32-29(16-18-30-19-17-29)24-12-10-9-11-13-24/h9-13,22-23,25,30H,14-21H2,1-8H3/p+1. The zero-order chi connectivity index (χ0) is 24.0. The molecule has 1 fully saturated rings. The lowest BCUT2D eigenvalue weighted by atomic mass is 9.76. The van der Waals surface area contributed by atoms with Gasteiger partial charge in [0.15, 0.2) is 0 Å². The molecule has 182 valence electrons. The zero-order valence-corrected chi connectivity index (χ0v) is 22.2. The summed E-state index contributed by atoms with van der Waals surface area (Å²) in [6.07, 6.45) is 6.01. The molecule has 3 heteroatoms. The number of nitrogens with two attached hydrogens (primary N) is 1. The lowest BCUT2D eigenvalue weighted by Gasteiger charge is -2.38. The first-order valence-corrected chi connectivity index (χ1v) is 12.9. The first kappa shape index (κ1) is 26.9. The van der Waals surface area contributed by atoms with Crippen molar-refractivity contribution in [3.8, 4) is 0 Å². The fourth-order valence-electron chi connectivity index (χ4n) is 5.75. The summed E-state index contributed by atoms with van der Waals surface area (Å²) in [5.41, 5.74) is 1.21. The van der Waals surface area contributed by atoms with E-state index in [2.05, 4.69) is 85.0 Å². The molecule has 1 aromatic rings. The van der Waals surface area contributed by atoms with Gasteiger partial charge in [0.05, 0.1) is 19.0 Å². The van der Waals surface area contributed by atoms with Gasteiger partial charge in [-0.3, -0.25) is 4.79 Å². The molecule has 0 amide bonds. The number of hydrogen-bond acceptors (Lipinski definition) is 2. The van der Waals surface area contributed by atoms with Gasteiger partial charge in [-0.15, -0.1) is 0 Å². The summed E-state index contributed by atoms with van der Waals surface area (Å²) < 4.78 is 6.54. The molecule has 0 bridgehead atoms. The molecule has 3 atom stereocenters. The molecule has 32 heavy (non-hydrogen) atoms. The highest BCUT2D eigenvalue weighted by Crippen LogP contribution is 2.38. The summed E-state index contributed by atoms with van der Waals surface area (Å²) in [5, 5.41) is 2.34. The minimum Gasteiger partial charge on any atom is -0.453 e. The van der Waals surface area contributed by atoms with E-state index < -0.39 is 5.60 Å². The fourth-order valence-corrected chi connectivity index (χ4v) is 5.75. The number of esters is 1. The third-order valence-electron chi connectivity index (χ3n) is 6.96. The molecule has 1 aromatic carbocycles. The summed E-state index contributed by atoms with van der Waals surface area (Å²) in [5.74, 6) is 0.908. The molecular formula is C29H50NO2+. The average molecular weight is 445 g/mol. The highest BCUT2D eigenvalue weighted by Gasteiger charge is 2.42. The van der Waals surface area contributed by atoms with Crippen LogP contribution in [0.1, 0.15) is 99.5 Å². The number of ether oxygens (including phenoxy) is 1. The van der Waals surface area contributed by atoms with Gasteiger partial charge in [-0.25, -0.2) is 0 Å². The molecule has 1 aliphatic rings. The normalized spacial score (nSPS) is 19.8. The van der Waals surface area contributed by atoms with Gasteiger partial charge in [0, 0.05) is 12.8 Å². The number of hydrogen-bond donors (Lipinski definition) is 1. The summed E-state index contributed by atoms with van der Waals surface area (Å²) in [7, 11) is 0. The lowest BCUT2D eigenvalue weighted by molar-refractivity contribution is -0.668. The Morgan fingerprint density at radius 1 is 0.938 bits per heavy atom. The van der Waals surface area contributed by atoms with Gasteiger partial charge in [0.25, 0.3) is 0 Å². The van der Waals surface area contributed by atoms with Crippen molar-refractivity contribution < 1.29 is 14.8 Å². The largest absolute Gasteiger partial charge is 0.453 e. The van der Waals surface area contributed by atoms with E-state index in [1.807, 2.05) is 6.07 Å². The molecule has 2 N–H and O–H groups in total. The van der Waals surface area contributed by atoms with Crippen molar-refractivity contribution in [3.63, 3.8) is 0 Å². The van der Waals surface area contributed by atoms with Gasteiger partial charge in [0.2, 0.25) is 0 Å². The van der Waals surface area contributed by atoms with Crippen LogP contribution in [0, 0.1) is 28.6 Å². The molecule has 3 unspecified atom stereocenters. The minimum atomic E-state index is -0.468. The number of quaternary nitrogens is 1. The molecule has 0 aromatic heterocycles. The molecule has 0 spiro atoms. The van der Waals surface area contributed by atoms with Crippen LogP contribution < -0.4 is 5.32 Å². The predicted octanol–water partition coefficient (Wildman–Crippen LogP) is 6.32. The fraction of sp³-hybridized carbons (Fsp3) is 0.759. The van der Waals surface area contributed by atoms with Crippen LogP contribution in [0.3, 0.4) is 0 Å². The molecule has 1 aliphatic heterocycles. The topological polar surface area (TPSA) is 42.9 Å². The molecule has 3 nitrogen and oxygen atoms in total. The quantitative estimate of drug-likeness (QED) is 0.453. The van der Waals surface area contributed by atoms with Gasteiger partial charge in [0.1, 0.15) is 5.60 Å². The van der Waals surface area contributed by atoms with Crippen LogP contribution in [0.5, 0.6) is 0 Å². The average Bonchev–Trinajstić information content (AvgIpc) is 2.66. The zero-order valence-electron chi connectivity index (χ0n) is 22.2. The number of piperidine rings is 1. The van der Waals surface area contributed by atoms with E-state index in [4.69, 9.17) is 4.74 Å². The monoisotopic (exact) mass is 444 g/mol. The lowest BCUT2D eigenvalue weighted by Crippen LogP contribution is -2.87. The maximum absolute atomic E-state index is 13.8. The van der Waals surface area contributed by atoms with E-state index in [1.54, 1.807) is 0 Å². The van der Waals surface area contributed by atoms with E-state index in [0.717, 1.165) is 50.8 Å². The maximum Gasteiger partial charge on any atom is 0.310 e. The Balaban J connectivity index is 2.21. The summed E-state index contributed by atoms with van der Waals surface area (Å²) in [4.78, 5) is 13.8. The number of carbonyl (C=O) groups is 1. The number of rotatable bonds is 9. The Kier molecular flexibility index (Phi) is 9.40. The highest BCUT2D eigenvalue weighted by molar-refractivity contribution is 5.73. The molecule has 1 heterocycles. The van der Waals surface area contributed by atoms with E-state index in [0.29, 0.717) is 17.3 Å². The van der Waals surface area contributed by atoms with Crippen molar-refractivity contribution in [1.82, 2.24) is 0 Å². The summed E-state index contributed by atoms with van der Waals surface area (Å²) in [6.45, 7) is 20.4. The van der Waals surface area contributed by atoms with Crippen molar-refractivity contribution in [1.29, 1.82) is 0 Å². The van der Waals surface area contributed by atoms with E-state index >= 15 is 0 Å². The minimum absolute atomic E-state index is 0.0236. The molecule has 2 rings (SSSR count). The van der Waals surface area contributed by atoms with Gasteiger partial charge < -0.3 is 10.1 Å². The van der Waals surface area contributed by atoms with Crippen LogP contribution in [-0.2, 0) is 15.1 Å². The molecular weight excluding hydrogens is 394 g/mol. The van der Waals surface area contributed by atoms with Gasteiger partial charge in [-0.2, -0.15) is 0 Å². The van der Waals surface area contributed by atoms with Crippen LogP contribution in [0.4, 0.5) is 0 Å². The van der Waals surface area contributed by atoms with Gasteiger partial charge in [-0.1, -0.05) is 85.7 Å². The highest BCUT2D eigenvalue weighted by atomic mass is 16.6. The van der Waals surface area contributed by atoms with E-state index in [-0.39, 0.29) is 17.3 Å². The number of benzene rings is 1. The van der Waals surface area contributed by atoms with Crippen molar-refractivity contribution in [2.45, 2.75) is 99.5 Å². The van der Waals surface area contributed by atoms with Crippen LogP contribution in [0.25, 0.3) is 0 Å². The molecule has 0 saturated carbocycles. The van der Waals surface area contributed by atoms with Crippen molar-refractivity contribution in [2.24, 2.45) is 28.6 Å². The third kappa shape index (κ3) is 8.54. The second-order valence-electron chi connectivity index (χ2n) is 12.9. The summed E-state index contributed by atoms with van der Waals surface area (Å²) in [6, 6.07) is 10.4. The third-order valence-corrected chi connectivity index (χ3v) is 6.96. The van der Waals surface area contributed by atoms with Crippen LogP contribution in [-0.4, -0.2) is 19.1 Å². The second kappa shape index (κ2) is 11.2. The summed E-state index contributed by atoms with van der Waals surface area (Å²) >= 11 is 0. The van der Waals surface area contributed by atoms with E-state index in [9.17, 15) is 4.79 Å². The van der Waals surface area contributed by atoms with Gasteiger partial charge in [-0.05, 0) is 53.9 Å². The Morgan fingerprint density at radius 2 is 1.50 bits per heavy atom. The van der Waals surface area contributed by atoms with Crippen molar-refractivity contribution in [3.05, 3.63) is 35.9 Å². The molecule has 0 radical (unpaired) electrons. The Labute approximate surface area is 198 Å². The smallest absolute Gasteiger partial charge is 0.310 e. The van der Waals surface area contributed by atoms with Crippen molar-refractivity contribution in [2.75, 3.05) is 13.1 Å². The van der Waals surface area contributed by atoms with Crippen LogP contribution in [0.15, 0.2) is 30.3 Å². The SMILES string of the molecule is CC(CCC(C(=O)OC1(c2ccccc2)CC[NH2+]CC1)C(C)CC(C)(C)C)CC(C)(C)C. The van der Waals surface area contributed by atoms with Crippen LogP contribution >= 0.6 is 0 Å². The number of carbonyl (C=O) groups excluding carboxylic acids is 1.